The van der Waals surface area contributed by atoms with Crippen LogP contribution >= 0.6 is 0 Å². The first-order chi connectivity index (χ1) is 9.74. The van der Waals surface area contributed by atoms with Gasteiger partial charge in [-0.3, -0.25) is 0 Å². The molecule has 2 aromatic rings. The largest absolute Gasteiger partial charge is 0.365 e. The van der Waals surface area contributed by atoms with Gasteiger partial charge in [0.15, 0.2) is 0 Å². The lowest BCUT2D eigenvalue weighted by molar-refractivity contribution is 0.629. The summed E-state index contributed by atoms with van der Waals surface area (Å²) < 4.78 is 0. The predicted molar refractivity (Wildman–Crippen MR) is 89.3 cm³/mol. The zero-order chi connectivity index (χ0) is 15.6. The summed E-state index contributed by atoms with van der Waals surface area (Å²) >= 11 is 0. The number of benzene rings is 1. The van der Waals surface area contributed by atoms with Crippen LogP contribution in [0.2, 0.25) is 0 Å². The van der Waals surface area contributed by atoms with E-state index in [1.807, 2.05) is 19.1 Å². The van der Waals surface area contributed by atoms with Crippen LogP contribution in [-0.4, -0.2) is 15.5 Å². The number of aromatic nitrogens is 2. The highest BCUT2D eigenvalue weighted by Crippen LogP contribution is 2.23. The smallest absolute Gasteiger partial charge is 0.136 e. The lowest BCUT2D eigenvalue weighted by Gasteiger charge is -2.22. The molecule has 0 aliphatic heterocycles. The first kappa shape index (κ1) is 15.3. The molecule has 0 saturated carbocycles. The van der Waals surface area contributed by atoms with Gasteiger partial charge in [-0.25, -0.2) is 9.97 Å². The Hall–Kier alpha value is -2.10. The fourth-order valence-corrected chi connectivity index (χ4v) is 2.10. The van der Waals surface area contributed by atoms with Gasteiger partial charge in [0.25, 0.3) is 0 Å². The molecule has 0 atom stereocenters. The molecule has 21 heavy (non-hydrogen) atoms. The van der Waals surface area contributed by atoms with Crippen molar-refractivity contribution in [3.05, 3.63) is 41.2 Å². The summed E-state index contributed by atoms with van der Waals surface area (Å²) in [7, 11) is 0. The Bertz CT molecular complexity index is 642. The van der Waals surface area contributed by atoms with Crippen LogP contribution in [0.5, 0.6) is 0 Å². The summed E-state index contributed by atoms with van der Waals surface area (Å²) in [6, 6.07) is 8.17. The van der Waals surface area contributed by atoms with Crippen molar-refractivity contribution in [1.29, 1.82) is 0 Å². The molecule has 4 nitrogen and oxygen atoms in total. The summed E-state index contributed by atoms with van der Waals surface area (Å²) in [5.41, 5.74) is 3.55. The number of rotatable bonds is 3. The van der Waals surface area contributed by atoms with Gasteiger partial charge in [0.2, 0.25) is 0 Å². The SMILES string of the molecule is Cc1nc(Nc2cccc(C)c2C)cc(NC(C)(C)C)n1. The molecule has 0 amide bonds. The summed E-state index contributed by atoms with van der Waals surface area (Å²) in [6.07, 6.45) is 0. The van der Waals surface area contributed by atoms with Gasteiger partial charge in [0.05, 0.1) is 0 Å². The minimum Gasteiger partial charge on any atom is -0.365 e. The second-order valence-electron chi connectivity index (χ2n) is 6.43. The van der Waals surface area contributed by atoms with Crippen molar-refractivity contribution < 1.29 is 0 Å². The summed E-state index contributed by atoms with van der Waals surface area (Å²) in [6.45, 7) is 12.5. The monoisotopic (exact) mass is 284 g/mol. The van der Waals surface area contributed by atoms with Crippen LogP contribution in [0.25, 0.3) is 0 Å². The van der Waals surface area contributed by atoms with Gasteiger partial charge in [-0.1, -0.05) is 12.1 Å². The van der Waals surface area contributed by atoms with E-state index >= 15 is 0 Å². The molecule has 4 heteroatoms. The van der Waals surface area contributed by atoms with E-state index in [4.69, 9.17) is 0 Å². The van der Waals surface area contributed by atoms with Crippen molar-refractivity contribution in [3.8, 4) is 0 Å². The fourth-order valence-electron chi connectivity index (χ4n) is 2.10. The van der Waals surface area contributed by atoms with Crippen molar-refractivity contribution >= 4 is 17.3 Å². The molecule has 0 aliphatic rings. The van der Waals surface area contributed by atoms with Crippen molar-refractivity contribution in [2.24, 2.45) is 0 Å². The Morgan fingerprint density at radius 2 is 1.62 bits per heavy atom. The van der Waals surface area contributed by atoms with E-state index in [9.17, 15) is 0 Å². The van der Waals surface area contributed by atoms with Crippen LogP contribution in [0.1, 0.15) is 37.7 Å². The topological polar surface area (TPSA) is 49.8 Å². The van der Waals surface area contributed by atoms with Crippen molar-refractivity contribution in [1.82, 2.24) is 9.97 Å². The summed E-state index contributed by atoms with van der Waals surface area (Å²) in [4.78, 5) is 8.91. The Morgan fingerprint density at radius 3 is 2.29 bits per heavy atom. The van der Waals surface area contributed by atoms with Gasteiger partial charge < -0.3 is 10.6 Å². The van der Waals surface area contributed by atoms with Crippen LogP contribution in [0.15, 0.2) is 24.3 Å². The van der Waals surface area contributed by atoms with E-state index in [2.05, 4.69) is 67.4 Å². The number of nitrogens with zero attached hydrogens (tertiary/aromatic N) is 2. The Kier molecular flexibility index (Phi) is 4.16. The molecule has 0 aliphatic carbocycles. The van der Waals surface area contributed by atoms with Gasteiger partial charge in [0.1, 0.15) is 17.5 Å². The van der Waals surface area contributed by atoms with Crippen LogP contribution in [0, 0.1) is 20.8 Å². The van der Waals surface area contributed by atoms with Crippen LogP contribution < -0.4 is 10.6 Å². The van der Waals surface area contributed by atoms with Crippen molar-refractivity contribution in [2.75, 3.05) is 10.6 Å². The quantitative estimate of drug-likeness (QED) is 0.879. The van der Waals surface area contributed by atoms with Crippen molar-refractivity contribution in [2.45, 2.75) is 47.1 Å². The summed E-state index contributed by atoms with van der Waals surface area (Å²) in [5.74, 6) is 2.39. The number of hydrogen-bond donors (Lipinski definition) is 2. The highest BCUT2D eigenvalue weighted by atomic mass is 15.1. The van der Waals surface area contributed by atoms with E-state index in [-0.39, 0.29) is 5.54 Å². The van der Waals surface area contributed by atoms with E-state index < -0.39 is 0 Å². The Balaban J connectivity index is 2.30. The lowest BCUT2D eigenvalue weighted by atomic mass is 10.1. The lowest BCUT2D eigenvalue weighted by Crippen LogP contribution is -2.27. The number of hydrogen-bond acceptors (Lipinski definition) is 4. The normalized spacial score (nSPS) is 11.3. The predicted octanol–water partition coefficient (Wildman–Crippen LogP) is 4.36. The van der Waals surface area contributed by atoms with Crippen LogP contribution in [0.3, 0.4) is 0 Å². The van der Waals surface area contributed by atoms with Gasteiger partial charge >= 0.3 is 0 Å². The van der Waals surface area contributed by atoms with Gasteiger partial charge in [-0.2, -0.15) is 0 Å². The molecule has 1 aromatic carbocycles. The van der Waals surface area contributed by atoms with E-state index in [0.29, 0.717) is 0 Å². The summed E-state index contributed by atoms with van der Waals surface area (Å²) in [5, 5.41) is 6.77. The minimum atomic E-state index is -0.0304. The number of aryl methyl sites for hydroxylation is 2. The van der Waals surface area contributed by atoms with E-state index in [1.165, 1.54) is 11.1 Å². The molecule has 2 N–H and O–H groups in total. The van der Waals surface area contributed by atoms with Gasteiger partial charge in [0, 0.05) is 17.3 Å². The Morgan fingerprint density at radius 1 is 0.952 bits per heavy atom. The zero-order valence-electron chi connectivity index (χ0n) is 13.7. The molecule has 0 bridgehead atoms. The highest BCUT2D eigenvalue weighted by Gasteiger charge is 2.12. The van der Waals surface area contributed by atoms with Gasteiger partial charge in [-0.05, 0) is 58.7 Å². The maximum Gasteiger partial charge on any atom is 0.136 e. The molecule has 0 unspecified atom stereocenters. The minimum absolute atomic E-state index is 0.0304. The molecule has 0 radical (unpaired) electrons. The molecular weight excluding hydrogens is 260 g/mol. The molecule has 0 spiro atoms. The molecule has 0 saturated heterocycles. The highest BCUT2D eigenvalue weighted by molar-refractivity contribution is 5.63. The molecule has 2 rings (SSSR count). The van der Waals surface area contributed by atoms with Crippen LogP contribution in [0.4, 0.5) is 17.3 Å². The van der Waals surface area contributed by atoms with Crippen molar-refractivity contribution in [3.63, 3.8) is 0 Å². The fraction of sp³-hybridized carbons (Fsp3) is 0.412. The average molecular weight is 284 g/mol. The van der Waals surface area contributed by atoms with E-state index in [1.54, 1.807) is 0 Å². The second kappa shape index (κ2) is 5.72. The van der Waals surface area contributed by atoms with E-state index in [0.717, 1.165) is 23.1 Å². The molecule has 0 fully saturated rings. The molecule has 1 heterocycles. The number of anilines is 3. The maximum absolute atomic E-state index is 4.47. The zero-order valence-corrected chi connectivity index (χ0v) is 13.7. The van der Waals surface area contributed by atoms with Crippen LogP contribution in [-0.2, 0) is 0 Å². The average Bonchev–Trinajstić information content (AvgIpc) is 2.32. The first-order valence-electron chi connectivity index (χ1n) is 7.22. The first-order valence-corrected chi connectivity index (χ1v) is 7.22. The molecular formula is C17H24N4. The standard InChI is InChI=1S/C17H24N4/c1-11-8-7-9-14(12(11)2)20-15-10-16(19-13(3)18-15)21-17(4,5)6/h7-10H,1-6H3,(H2,18,19,20,21). The molecule has 1 aromatic heterocycles. The third-order valence-electron chi connectivity index (χ3n) is 3.21. The second-order valence-corrected chi connectivity index (χ2v) is 6.43. The molecule has 112 valence electrons. The maximum atomic E-state index is 4.47. The Labute approximate surface area is 127 Å². The number of nitrogens with one attached hydrogen (secondary N) is 2. The van der Waals surface area contributed by atoms with Gasteiger partial charge in [-0.15, -0.1) is 0 Å². The third kappa shape index (κ3) is 4.18. The third-order valence-corrected chi connectivity index (χ3v) is 3.21.